The normalized spacial score (nSPS) is 27.8. The number of alkyl halides is 1. The van der Waals surface area contributed by atoms with E-state index in [1.807, 2.05) is 0 Å². The van der Waals surface area contributed by atoms with Crippen LogP contribution >= 0.6 is 0 Å². The van der Waals surface area contributed by atoms with Gasteiger partial charge in [-0.15, -0.1) is 0 Å². The molecule has 8 rings (SSSR count). The summed E-state index contributed by atoms with van der Waals surface area (Å²) in [5.74, 6) is -0.308. The Bertz CT molecular complexity index is 1670. The standard InChI is InChI=1S/C28H30F2N8O3/c29-14-9-28(6-1-7-38(28)10-14)13-40-27-33-20-8-18(17-4-5-19(30)23-21(17)35-26(31)41-23)25(39)34-22(20)24(36-27)37-11-15-2-3-16(12-37)32-15/h4-5,8,14-16,32H,1-3,6-7,9-13H2,(H2,31,35)(H,34,39)/t14-,15?,16?,28?/m1/s1. The summed E-state index contributed by atoms with van der Waals surface area (Å²) >= 11 is 0. The van der Waals surface area contributed by atoms with Gasteiger partial charge in [-0.1, -0.05) is 0 Å². The Labute approximate surface area is 233 Å². The second-order valence-electron chi connectivity index (χ2n) is 11.8. The minimum Gasteiger partial charge on any atom is -0.493 e. The van der Waals surface area contributed by atoms with Crippen LogP contribution in [0.1, 0.15) is 32.1 Å². The van der Waals surface area contributed by atoms with Crippen LogP contribution in [0.2, 0.25) is 0 Å². The maximum absolute atomic E-state index is 14.4. The van der Waals surface area contributed by atoms with Gasteiger partial charge < -0.3 is 30.2 Å². The summed E-state index contributed by atoms with van der Waals surface area (Å²) in [5.41, 5.74) is 7.01. The van der Waals surface area contributed by atoms with Crippen LogP contribution in [-0.2, 0) is 0 Å². The number of benzene rings is 1. The highest BCUT2D eigenvalue weighted by Crippen LogP contribution is 2.42. The highest BCUT2D eigenvalue weighted by Gasteiger charge is 2.49. The van der Waals surface area contributed by atoms with Crippen molar-refractivity contribution in [2.24, 2.45) is 0 Å². The topological polar surface area (TPSA) is 139 Å². The lowest BCUT2D eigenvalue weighted by Crippen LogP contribution is -2.51. The lowest BCUT2D eigenvalue weighted by molar-refractivity contribution is 0.107. The van der Waals surface area contributed by atoms with Crippen molar-refractivity contribution in [3.63, 3.8) is 0 Å². The second-order valence-corrected chi connectivity index (χ2v) is 11.8. The average molecular weight is 565 g/mol. The van der Waals surface area contributed by atoms with Crippen LogP contribution in [0.5, 0.6) is 11.9 Å². The van der Waals surface area contributed by atoms with Crippen LogP contribution in [0.25, 0.3) is 33.3 Å². The van der Waals surface area contributed by atoms with E-state index in [9.17, 15) is 13.9 Å². The van der Waals surface area contributed by atoms with E-state index in [0.717, 1.165) is 45.3 Å². The maximum Gasteiger partial charge on any atom is 0.319 e. The van der Waals surface area contributed by atoms with E-state index < -0.39 is 12.0 Å². The van der Waals surface area contributed by atoms with Crippen molar-refractivity contribution in [3.05, 3.63) is 24.0 Å². The van der Waals surface area contributed by atoms with Gasteiger partial charge in [-0.2, -0.15) is 15.0 Å². The summed E-state index contributed by atoms with van der Waals surface area (Å²) in [4.78, 5) is 22.6. The predicted molar refractivity (Wildman–Crippen MR) is 147 cm³/mol. The lowest BCUT2D eigenvalue weighted by atomic mass is 9.95. The zero-order valence-electron chi connectivity index (χ0n) is 22.3. The Morgan fingerprint density at radius 3 is 2.76 bits per heavy atom. The summed E-state index contributed by atoms with van der Waals surface area (Å²) < 4.78 is 40.3. The van der Waals surface area contributed by atoms with Crippen molar-refractivity contribution in [2.45, 2.75) is 55.9 Å². The van der Waals surface area contributed by atoms with Gasteiger partial charge in [0.2, 0.25) is 5.88 Å². The first-order valence-electron chi connectivity index (χ1n) is 14.1. The molecule has 13 heteroatoms. The molecule has 1 aromatic carbocycles. The molecule has 7 heterocycles. The predicted octanol–water partition coefficient (Wildman–Crippen LogP) is 3.16. The van der Waals surface area contributed by atoms with E-state index in [4.69, 9.17) is 24.9 Å². The number of nitrogens with two attached hydrogens (primary N) is 1. The highest BCUT2D eigenvalue weighted by molar-refractivity contribution is 5.97. The number of hydrogen-bond acceptors (Lipinski definition) is 11. The highest BCUT2D eigenvalue weighted by atomic mass is 19.1. The van der Waals surface area contributed by atoms with Gasteiger partial charge in [0.05, 0.1) is 11.1 Å². The monoisotopic (exact) mass is 564 g/mol. The molecule has 2 bridgehead atoms. The average Bonchev–Trinajstić information content (AvgIpc) is 3.69. The van der Waals surface area contributed by atoms with Crippen molar-refractivity contribution in [1.82, 2.24) is 30.2 Å². The fourth-order valence-electron chi connectivity index (χ4n) is 7.32. The van der Waals surface area contributed by atoms with E-state index in [-0.39, 0.29) is 34.5 Å². The molecular weight excluding hydrogens is 534 g/mol. The van der Waals surface area contributed by atoms with Crippen LogP contribution in [0.15, 0.2) is 22.6 Å². The Morgan fingerprint density at radius 2 is 1.93 bits per heavy atom. The lowest BCUT2D eigenvalue weighted by Gasteiger charge is -2.34. The third-order valence-corrected chi connectivity index (χ3v) is 9.16. The number of aromatic nitrogens is 4. The number of rotatable bonds is 5. The van der Waals surface area contributed by atoms with E-state index in [1.165, 1.54) is 12.1 Å². The molecule has 4 saturated heterocycles. The van der Waals surface area contributed by atoms with Gasteiger partial charge in [-0.25, -0.2) is 13.8 Å². The van der Waals surface area contributed by atoms with Gasteiger partial charge >= 0.3 is 6.01 Å². The van der Waals surface area contributed by atoms with Gasteiger partial charge in [0.15, 0.2) is 17.2 Å². The SMILES string of the molecule is Nc1nc2c(-c3cc4nc(OCC56CCCN5C[C@H](F)C6)nc(N5CC6CCC(C5)N6)c4nc3O)ccc(F)c2o1. The van der Waals surface area contributed by atoms with Crippen molar-refractivity contribution < 1.29 is 23.0 Å². The zero-order chi connectivity index (χ0) is 27.9. The van der Waals surface area contributed by atoms with Gasteiger partial charge in [0, 0.05) is 49.3 Å². The molecule has 3 unspecified atom stereocenters. The van der Waals surface area contributed by atoms with E-state index in [1.54, 1.807) is 6.07 Å². The van der Waals surface area contributed by atoms with Crippen molar-refractivity contribution in [2.75, 3.05) is 43.4 Å². The van der Waals surface area contributed by atoms with Crippen molar-refractivity contribution >= 4 is 34.0 Å². The number of oxazole rings is 1. The fraction of sp³-hybridized carbons (Fsp3) is 0.500. The number of pyridine rings is 1. The summed E-state index contributed by atoms with van der Waals surface area (Å²) in [7, 11) is 0. The first-order chi connectivity index (χ1) is 19.8. The molecule has 0 radical (unpaired) electrons. The number of fused-ring (bicyclic) bond motifs is 5. The number of ether oxygens (including phenoxy) is 1. The number of halogens is 2. The molecule has 4 N–H and O–H groups in total. The van der Waals surface area contributed by atoms with Crippen LogP contribution in [0, 0.1) is 5.82 Å². The van der Waals surface area contributed by atoms with Gasteiger partial charge in [0.25, 0.3) is 6.01 Å². The van der Waals surface area contributed by atoms with Gasteiger partial charge in [-0.3, -0.25) is 4.90 Å². The fourth-order valence-corrected chi connectivity index (χ4v) is 7.32. The molecule has 0 aliphatic carbocycles. The number of nitrogen functional groups attached to an aromatic ring is 1. The quantitative estimate of drug-likeness (QED) is 0.329. The molecule has 214 valence electrons. The van der Waals surface area contributed by atoms with Crippen LogP contribution in [0.4, 0.5) is 20.6 Å². The summed E-state index contributed by atoms with van der Waals surface area (Å²) in [6.45, 7) is 3.07. The van der Waals surface area contributed by atoms with Gasteiger partial charge in [0.1, 0.15) is 23.8 Å². The van der Waals surface area contributed by atoms with Crippen molar-refractivity contribution in [1.29, 1.82) is 0 Å². The third kappa shape index (κ3) is 4.04. The molecular formula is C28H30F2N8O3. The molecule has 4 aliphatic heterocycles. The van der Waals surface area contributed by atoms with Crippen LogP contribution in [-0.4, -0.2) is 86.5 Å². The third-order valence-electron chi connectivity index (χ3n) is 9.16. The number of nitrogens with one attached hydrogen (secondary N) is 1. The molecule has 4 fully saturated rings. The number of nitrogens with zero attached hydrogens (tertiary/aromatic N) is 6. The van der Waals surface area contributed by atoms with E-state index in [0.29, 0.717) is 59.6 Å². The molecule has 3 aromatic heterocycles. The molecule has 4 atom stereocenters. The summed E-state index contributed by atoms with van der Waals surface area (Å²) in [6, 6.07) is 5.08. The minimum absolute atomic E-state index is 0.105. The Balaban J connectivity index is 1.23. The Kier molecular flexibility index (Phi) is 5.52. The van der Waals surface area contributed by atoms with Crippen molar-refractivity contribution in [3.8, 4) is 23.0 Å². The zero-order valence-corrected chi connectivity index (χ0v) is 22.3. The molecule has 4 aliphatic rings. The van der Waals surface area contributed by atoms with Gasteiger partial charge in [-0.05, 0) is 50.4 Å². The summed E-state index contributed by atoms with van der Waals surface area (Å²) in [5, 5.41) is 14.8. The van der Waals surface area contributed by atoms with Crippen LogP contribution < -0.4 is 20.7 Å². The molecule has 41 heavy (non-hydrogen) atoms. The largest absolute Gasteiger partial charge is 0.493 e. The minimum atomic E-state index is -0.865. The summed E-state index contributed by atoms with van der Waals surface area (Å²) in [6.07, 6.45) is 3.62. The molecule has 0 saturated carbocycles. The second kappa shape index (κ2) is 9.08. The smallest absolute Gasteiger partial charge is 0.319 e. The maximum atomic E-state index is 14.4. The first kappa shape index (κ1) is 24.9. The Morgan fingerprint density at radius 1 is 1.10 bits per heavy atom. The number of hydrogen-bond donors (Lipinski definition) is 3. The molecule has 0 spiro atoms. The Hall–Kier alpha value is -3.84. The molecule has 0 amide bonds. The van der Waals surface area contributed by atoms with Crippen LogP contribution in [0.3, 0.4) is 0 Å². The first-order valence-corrected chi connectivity index (χ1v) is 14.1. The number of piperazine rings is 1. The molecule has 11 nitrogen and oxygen atoms in total. The van der Waals surface area contributed by atoms with E-state index >= 15 is 0 Å². The number of aromatic hydroxyl groups is 1. The number of anilines is 2. The van der Waals surface area contributed by atoms with E-state index in [2.05, 4.69) is 25.1 Å². The molecule has 4 aromatic rings.